The summed E-state index contributed by atoms with van der Waals surface area (Å²) in [4.78, 5) is 17.7. The highest BCUT2D eigenvalue weighted by molar-refractivity contribution is 7.89. The number of carbonyl (C=O) groups is 1. The number of sulfonamides is 1. The highest BCUT2D eigenvalue weighted by atomic mass is 32.2. The van der Waals surface area contributed by atoms with Gasteiger partial charge in [-0.1, -0.05) is 0 Å². The van der Waals surface area contributed by atoms with Crippen molar-refractivity contribution >= 4 is 33.0 Å². The molecule has 0 unspecified atom stereocenters. The number of halogens is 2. The zero-order valence-corrected chi connectivity index (χ0v) is 23.7. The lowest BCUT2D eigenvalue weighted by atomic mass is 9.93. The summed E-state index contributed by atoms with van der Waals surface area (Å²) in [5.41, 5.74) is 3.45. The topological polar surface area (TPSA) is 111 Å². The van der Waals surface area contributed by atoms with Gasteiger partial charge >= 0.3 is 0 Å². The van der Waals surface area contributed by atoms with Crippen molar-refractivity contribution in [2.75, 3.05) is 61.1 Å². The van der Waals surface area contributed by atoms with Crippen LogP contribution in [0.25, 0.3) is 0 Å². The Hall–Kier alpha value is -2.96. The lowest BCUT2D eigenvalue weighted by Gasteiger charge is -2.35. The molecule has 1 aliphatic carbocycles. The molecule has 222 valence electrons. The number of amides is 1. The van der Waals surface area contributed by atoms with Crippen LogP contribution in [0.2, 0.25) is 0 Å². The zero-order chi connectivity index (χ0) is 28.8. The molecule has 6 rings (SSSR count). The lowest BCUT2D eigenvalue weighted by molar-refractivity contribution is -0.0221. The lowest BCUT2D eigenvalue weighted by Crippen LogP contribution is -2.39. The van der Waals surface area contributed by atoms with E-state index in [1.807, 2.05) is 11.0 Å². The molecular formula is C29H36F2N4O5S. The number of piperidine rings is 2. The van der Waals surface area contributed by atoms with E-state index in [1.165, 1.54) is 31.0 Å². The van der Waals surface area contributed by atoms with Crippen LogP contribution in [0.1, 0.15) is 54.4 Å². The van der Waals surface area contributed by atoms with Gasteiger partial charge in [0.1, 0.15) is 5.75 Å². The molecule has 9 nitrogen and oxygen atoms in total. The molecule has 12 heteroatoms. The first kappa shape index (κ1) is 28.2. The Labute approximate surface area is 238 Å². The molecule has 3 fully saturated rings. The number of anilines is 3. The van der Waals surface area contributed by atoms with Crippen molar-refractivity contribution in [2.24, 2.45) is 5.41 Å². The average molecular weight is 591 g/mol. The van der Waals surface area contributed by atoms with Gasteiger partial charge in [0, 0.05) is 63.2 Å². The molecule has 2 saturated heterocycles. The standard InChI is InChI=1S/C29H36F2N4O5S/c30-29(31)8-13-35(14-9-29)25-18-21(17-20-3-16-40-26(20)25)33-27(37)23-2-1-22(41(38,39)32-10-15-36)19-24(23)34-11-6-28(4-5-28)7-12-34/h1-2,17-19,32,36H,3-16H2,(H,33,37). The van der Waals surface area contributed by atoms with Gasteiger partial charge in [0.05, 0.1) is 35.0 Å². The third kappa shape index (κ3) is 5.87. The Bertz CT molecular complexity index is 1430. The van der Waals surface area contributed by atoms with Crippen LogP contribution < -0.4 is 24.6 Å². The minimum Gasteiger partial charge on any atom is -0.491 e. The van der Waals surface area contributed by atoms with Crippen molar-refractivity contribution in [1.29, 1.82) is 0 Å². The highest BCUT2D eigenvalue weighted by Crippen LogP contribution is 2.54. The van der Waals surface area contributed by atoms with E-state index in [4.69, 9.17) is 9.84 Å². The molecule has 0 atom stereocenters. The van der Waals surface area contributed by atoms with Crippen molar-refractivity contribution in [3.63, 3.8) is 0 Å². The van der Waals surface area contributed by atoms with Gasteiger partial charge in [-0.05, 0) is 61.4 Å². The van der Waals surface area contributed by atoms with Gasteiger partial charge in [0.15, 0.2) is 0 Å². The molecule has 1 saturated carbocycles. The molecule has 4 aliphatic rings. The maximum absolute atomic E-state index is 13.8. The van der Waals surface area contributed by atoms with Crippen molar-refractivity contribution < 1.29 is 31.8 Å². The summed E-state index contributed by atoms with van der Waals surface area (Å²) in [6.45, 7) is 1.91. The fourth-order valence-electron chi connectivity index (χ4n) is 6.16. The number of ether oxygens (including phenoxy) is 1. The van der Waals surface area contributed by atoms with Gasteiger partial charge < -0.3 is 25.0 Å². The second-order valence-electron chi connectivity index (χ2n) is 11.7. The third-order valence-electron chi connectivity index (χ3n) is 8.91. The molecule has 2 aromatic carbocycles. The predicted molar refractivity (Wildman–Crippen MR) is 152 cm³/mol. The summed E-state index contributed by atoms with van der Waals surface area (Å²) in [6.07, 6.45) is 4.61. The molecule has 0 bridgehead atoms. The summed E-state index contributed by atoms with van der Waals surface area (Å²) < 4.78 is 61.6. The number of aliphatic hydroxyl groups is 1. The fraction of sp³-hybridized carbons (Fsp3) is 0.552. The van der Waals surface area contributed by atoms with Crippen LogP contribution in [0.4, 0.5) is 25.8 Å². The fourth-order valence-corrected chi connectivity index (χ4v) is 7.20. The van der Waals surface area contributed by atoms with E-state index in [9.17, 15) is 22.0 Å². The number of fused-ring (bicyclic) bond motifs is 1. The normalized spacial score (nSPS) is 21.0. The Kier molecular flexibility index (Phi) is 7.36. The van der Waals surface area contributed by atoms with Gasteiger partial charge in [0.2, 0.25) is 10.0 Å². The minimum atomic E-state index is -3.87. The van der Waals surface area contributed by atoms with Crippen LogP contribution in [-0.4, -0.2) is 71.3 Å². The molecule has 3 aliphatic heterocycles. The first-order valence-corrected chi connectivity index (χ1v) is 15.8. The number of hydrogen-bond acceptors (Lipinski definition) is 7. The quantitative estimate of drug-likeness (QED) is 0.430. The van der Waals surface area contributed by atoms with Crippen molar-refractivity contribution in [3.8, 4) is 5.75 Å². The van der Waals surface area contributed by atoms with E-state index in [0.717, 1.165) is 31.5 Å². The monoisotopic (exact) mass is 590 g/mol. The number of nitrogens with one attached hydrogen (secondary N) is 2. The molecule has 41 heavy (non-hydrogen) atoms. The number of nitrogens with zero attached hydrogens (tertiary/aromatic N) is 2. The number of alkyl halides is 2. The zero-order valence-electron chi connectivity index (χ0n) is 22.9. The van der Waals surface area contributed by atoms with Gasteiger partial charge in [-0.2, -0.15) is 0 Å². The largest absolute Gasteiger partial charge is 0.491 e. The first-order chi connectivity index (χ1) is 19.6. The third-order valence-corrected chi connectivity index (χ3v) is 10.4. The summed E-state index contributed by atoms with van der Waals surface area (Å²) in [5, 5.41) is 12.1. The average Bonchev–Trinajstić information content (AvgIpc) is 3.53. The molecule has 1 spiro atoms. The summed E-state index contributed by atoms with van der Waals surface area (Å²) >= 11 is 0. The second kappa shape index (κ2) is 10.7. The van der Waals surface area contributed by atoms with E-state index in [-0.39, 0.29) is 49.9 Å². The van der Waals surface area contributed by atoms with E-state index >= 15 is 0 Å². The maximum atomic E-state index is 13.8. The highest BCUT2D eigenvalue weighted by Gasteiger charge is 2.45. The van der Waals surface area contributed by atoms with Gasteiger partial charge in [-0.25, -0.2) is 21.9 Å². The predicted octanol–water partition coefficient (Wildman–Crippen LogP) is 3.76. The molecule has 3 N–H and O–H groups in total. The van der Waals surface area contributed by atoms with E-state index in [2.05, 4.69) is 14.9 Å². The molecule has 1 amide bonds. The number of carbonyl (C=O) groups excluding carboxylic acids is 1. The minimum absolute atomic E-state index is 0.0306. The summed E-state index contributed by atoms with van der Waals surface area (Å²) in [5.74, 6) is -2.38. The van der Waals surface area contributed by atoms with Crippen molar-refractivity contribution in [1.82, 2.24) is 4.72 Å². The van der Waals surface area contributed by atoms with E-state index in [1.54, 1.807) is 6.07 Å². The number of hydrogen-bond donors (Lipinski definition) is 3. The Morgan fingerprint density at radius 1 is 0.951 bits per heavy atom. The number of aliphatic hydroxyl groups excluding tert-OH is 1. The Morgan fingerprint density at radius 2 is 1.63 bits per heavy atom. The number of rotatable bonds is 8. The molecule has 0 aromatic heterocycles. The van der Waals surface area contributed by atoms with Crippen LogP contribution in [0.5, 0.6) is 5.75 Å². The summed E-state index contributed by atoms with van der Waals surface area (Å²) in [6, 6.07) is 8.11. The van der Waals surface area contributed by atoms with Crippen LogP contribution in [0.3, 0.4) is 0 Å². The maximum Gasteiger partial charge on any atom is 0.257 e. The first-order valence-electron chi connectivity index (χ1n) is 14.3. The molecule has 2 aromatic rings. The van der Waals surface area contributed by atoms with Crippen LogP contribution >= 0.6 is 0 Å². The molecule has 0 radical (unpaired) electrons. The van der Waals surface area contributed by atoms with E-state index < -0.39 is 15.9 Å². The Balaban J connectivity index is 1.29. The SMILES string of the molecule is O=C(Nc1cc2c(c(N3CCC(F)(F)CC3)c1)OCC2)c1ccc(S(=O)(=O)NCCO)cc1N1CCC2(CC1)CC2. The van der Waals surface area contributed by atoms with Gasteiger partial charge in [0.25, 0.3) is 11.8 Å². The molecule has 3 heterocycles. The van der Waals surface area contributed by atoms with Crippen LogP contribution in [0, 0.1) is 5.41 Å². The van der Waals surface area contributed by atoms with Crippen molar-refractivity contribution in [3.05, 3.63) is 41.5 Å². The number of benzene rings is 2. The van der Waals surface area contributed by atoms with Gasteiger partial charge in [-0.15, -0.1) is 0 Å². The van der Waals surface area contributed by atoms with Crippen LogP contribution in [-0.2, 0) is 16.4 Å². The smallest absolute Gasteiger partial charge is 0.257 e. The molecular weight excluding hydrogens is 554 g/mol. The summed E-state index contributed by atoms with van der Waals surface area (Å²) in [7, 11) is -3.87. The van der Waals surface area contributed by atoms with Gasteiger partial charge in [-0.3, -0.25) is 4.79 Å². The van der Waals surface area contributed by atoms with E-state index in [0.29, 0.717) is 46.8 Å². The van der Waals surface area contributed by atoms with Crippen LogP contribution in [0.15, 0.2) is 35.2 Å². The second-order valence-corrected chi connectivity index (χ2v) is 13.4. The Morgan fingerprint density at radius 3 is 2.32 bits per heavy atom. The van der Waals surface area contributed by atoms with Crippen molar-refractivity contribution in [2.45, 2.75) is 55.8 Å².